The summed E-state index contributed by atoms with van der Waals surface area (Å²) in [4.78, 5) is 19.8. The molecule has 0 unspecified atom stereocenters. The molecule has 1 saturated carbocycles. The Morgan fingerprint density at radius 2 is 1.58 bits per heavy atom. The first-order valence-electron chi connectivity index (χ1n) is 13.3. The van der Waals surface area contributed by atoms with Crippen molar-refractivity contribution in [2.45, 2.75) is 61.5 Å². The first-order valence-corrected chi connectivity index (χ1v) is 13.7. The van der Waals surface area contributed by atoms with Crippen LogP contribution in [0.15, 0.2) is 60.8 Å². The third-order valence-corrected chi connectivity index (χ3v) is 8.46. The second-order valence-corrected chi connectivity index (χ2v) is 12.1. The van der Waals surface area contributed by atoms with Gasteiger partial charge in [0.2, 0.25) is 0 Å². The maximum atomic E-state index is 14.3. The molecule has 2 heterocycles. The van der Waals surface area contributed by atoms with E-state index in [0.29, 0.717) is 16.3 Å². The number of ether oxygens (including phenoxy) is 1. The Labute approximate surface area is 257 Å². The number of fused-ring (bicyclic) bond motifs is 1. The largest absolute Gasteiger partial charge is 0.416 e. The van der Waals surface area contributed by atoms with Gasteiger partial charge in [0.1, 0.15) is 15.7 Å². The number of hydrogen-bond acceptors (Lipinski definition) is 5. The fraction of sp³-hybridized carbons (Fsp3) is 0.379. The molecular formula is C29H24B4ClF3N2O4. The first kappa shape index (κ1) is 31.7. The molecule has 1 aromatic heterocycles. The van der Waals surface area contributed by atoms with E-state index in [1.165, 1.54) is 37.1 Å². The van der Waals surface area contributed by atoms with Crippen molar-refractivity contribution in [3.05, 3.63) is 99.3 Å². The first-order chi connectivity index (χ1) is 19.7. The Morgan fingerprint density at radius 3 is 2.07 bits per heavy atom. The Balaban J connectivity index is 1.79. The number of hydrogen-bond donors (Lipinski definition) is 2. The average molecular weight is 600 g/mol. The number of amides is 1. The summed E-state index contributed by atoms with van der Waals surface area (Å²) in [7, 11) is 24.9. The monoisotopic (exact) mass is 600 g/mol. The van der Waals surface area contributed by atoms with E-state index in [4.69, 9.17) is 47.7 Å². The van der Waals surface area contributed by atoms with Gasteiger partial charge in [0.15, 0.2) is 5.72 Å². The predicted octanol–water partition coefficient (Wildman–Crippen LogP) is 3.61. The Bertz CT molecular complexity index is 1550. The van der Waals surface area contributed by atoms with Gasteiger partial charge in [-0.15, -0.1) is 0 Å². The lowest BCUT2D eigenvalue weighted by molar-refractivity contribution is -0.168. The van der Waals surface area contributed by atoms with E-state index in [0.717, 1.165) is 24.3 Å². The molecule has 8 radical (unpaired) electrons. The van der Waals surface area contributed by atoms with Gasteiger partial charge in [-0.1, -0.05) is 35.9 Å². The second kappa shape index (κ2) is 10.2. The van der Waals surface area contributed by atoms with E-state index in [2.05, 4.69) is 4.98 Å². The standard InChI is InChI=1S/C29H24B4ClF3N2O4/c1-24(2,41)18-7-10-22-21(13-18)23(40)39(15-20-9-8-19(34)14-38-20)26(22,16-3-5-17(6-4-16)27(35,36)37)43-29(32,33)25(11-12-25)28(30,31)42/h3-10,13-14,41-42H,11-12,15H2,1-2H3/t26-/m1/s1. The van der Waals surface area contributed by atoms with Gasteiger partial charge in [-0.05, 0) is 73.4 Å². The highest BCUT2D eigenvalue weighted by Crippen LogP contribution is 2.61. The van der Waals surface area contributed by atoms with Crippen LogP contribution in [0.5, 0.6) is 0 Å². The summed E-state index contributed by atoms with van der Waals surface area (Å²) in [6, 6.07) is 11.7. The molecule has 214 valence electrons. The van der Waals surface area contributed by atoms with Crippen LogP contribution in [0.1, 0.15) is 65.0 Å². The zero-order valence-corrected chi connectivity index (χ0v) is 24.1. The number of carbonyl (C=O) groups excluding carboxylic acids is 1. The Hall–Kier alpha value is -2.72. The minimum Gasteiger partial charge on any atom is -0.409 e. The minimum atomic E-state index is -4.65. The molecule has 3 aromatic rings. The van der Waals surface area contributed by atoms with Crippen molar-refractivity contribution < 1.29 is 32.9 Å². The van der Waals surface area contributed by atoms with Crippen molar-refractivity contribution in [1.82, 2.24) is 9.88 Å². The van der Waals surface area contributed by atoms with Gasteiger partial charge in [0.05, 0.1) is 44.1 Å². The summed E-state index contributed by atoms with van der Waals surface area (Å²) in [5.41, 5.74) is -4.90. The molecule has 1 atom stereocenters. The Kier molecular flexibility index (Phi) is 7.49. The van der Waals surface area contributed by atoms with E-state index in [9.17, 15) is 28.2 Å². The van der Waals surface area contributed by atoms with Crippen LogP contribution in [0.2, 0.25) is 5.02 Å². The van der Waals surface area contributed by atoms with Crippen LogP contribution in [0, 0.1) is 5.41 Å². The van der Waals surface area contributed by atoms with Crippen LogP contribution in [0.25, 0.3) is 0 Å². The topological polar surface area (TPSA) is 82.9 Å². The summed E-state index contributed by atoms with van der Waals surface area (Å²) < 4.78 is 47.3. The maximum absolute atomic E-state index is 14.3. The van der Waals surface area contributed by atoms with Crippen molar-refractivity contribution >= 4 is 48.9 Å². The third kappa shape index (κ3) is 5.32. The summed E-state index contributed by atoms with van der Waals surface area (Å²) >= 11 is 6.02. The summed E-state index contributed by atoms with van der Waals surface area (Å²) in [6.45, 7) is 2.84. The van der Waals surface area contributed by atoms with E-state index in [1.807, 2.05) is 0 Å². The summed E-state index contributed by atoms with van der Waals surface area (Å²) in [6.07, 6.45) is -2.97. The van der Waals surface area contributed by atoms with E-state index in [1.54, 1.807) is 18.2 Å². The molecule has 2 aliphatic rings. The zero-order chi connectivity index (χ0) is 31.8. The number of rotatable bonds is 8. The lowest BCUT2D eigenvalue weighted by Crippen LogP contribution is -2.62. The Morgan fingerprint density at radius 1 is 0.977 bits per heavy atom. The zero-order valence-electron chi connectivity index (χ0n) is 23.3. The number of halogens is 4. The molecule has 5 rings (SSSR count). The van der Waals surface area contributed by atoms with Crippen LogP contribution in [0.3, 0.4) is 0 Å². The molecule has 6 nitrogen and oxygen atoms in total. The fourth-order valence-corrected chi connectivity index (χ4v) is 5.72. The van der Waals surface area contributed by atoms with Gasteiger partial charge in [0.25, 0.3) is 5.91 Å². The van der Waals surface area contributed by atoms with Gasteiger partial charge in [0, 0.05) is 28.3 Å². The predicted molar refractivity (Wildman–Crippen MR) is 156 cm³/mol. The third-order valence-electron chi connectivity index (χ3n) is 8.24. The molecule has 43 heavy (non-hydrogen) atoms. The molecule has 0 bridgehead atoms. The van der Waals surface area contributed by atoms with Crippen LogP contribution < -0.4 is 0 Å². The number of nitrogens with zero attached hydrogens (tertiary/aromatic N) is 2. The summed E-state index contributed by atoms with van der Waals surface area (Å²) in [5.74, 6) is -0.617. The van der Waals surface area contributed by atoms with Gasteiger partial charge in [-0.2, -0.15) is 13.2 Å². The molecule has 2 N–H and O–H groups in total. The van der Waals surface area contributed by atoms with Crippen molar-refractivity contribution in [2.75, 3.05) is 0 Å². The fourth-order valence-electron chi connectivity index (χ4n) is 5.61. The molecule has 0 spiro atoms. The number of aromatic nitrogens is 1. The number of alkyl halides is 3. The number of pyridine rings is 1. The van der Waals surface area contributed by atoms with Crippen molar-refractivity contribution in [3.8, 4) is 0 Å². The average Bonchev–Trinajstić information content (AvgIpc) is 3.70. The van der Waals surface area contributed by atoms with Crippen molar-refractivity contribution in [3.63, 3.8) is 0 Å². The second-order valence-electron chi connectivity index (χ2n) is 11.7. The molecule has 1 aliphatic heterocycles. The minimum absolute atomic E-state index is 0.0613. The van der Waals surface area contributed by atoms with Crippen LogP contribution in [-0.2, 0) is 28.8 Å². The molecule has 14 heteroatoms. The molecule has 1 aliphatic carbocycles. The van der Waals surface area contributed by atoms with Gasteiger partial charge in [-0.3, -0.25) is 14.7 Å². The normalized spacial score (nSPS) is 20.3. The highest BCUT2D eigenvalue weighted by molar-refractivity contribution is 6.45. The summed E-state index contributed by atoms with van der Waals surface area (Å²) in [5, 5.41) is 17.0. The highest BCUT2D eigenvalue weighted by Gasteiger charge is 2.65. The van der Waals surface area contributed by atoms with Gasteiger partial charge >= 0.3 is 6.18 Å². The van der Waals surface area contributed by atoms with Crippen LogP contribution in [-0.4, -0.2) is 68.2 Å². The van der Waals surface area contributed by atoms with Crippen molar-refractivity contribution in [1.29, 1.82) is 0 Å². The molecule has 2 aromatic carbocycles. The van der Waals surface area contributed by atoms with Gasteiger partial charge in [-0.25, -0.2) is 0 Å². The number of benzene rings is 2. The van der Waals surface area contributed by atoms with Crippen LogP contribution in [0.4, 0.5) is 13.2 Å². The lowest BCUT2D eigenvalue weighted by Gasteiger charge is -2.51. The lowest BCUT2D eigenvalue weighted by atomic mass is 9.43. The number of aliphatic hydroxyl groups is 2. The van der Waals surface area contributed by atoms with Gasteiger partial charge < -0.3 is 14.9 Å². The quantitative estimate of drug-likeness (QED) is 0.387. The SMILES string of the molecule is [B]C([B])(O)C1(C([B])([B])O[C@]2(c3ccc(C(F)(F)F)cc3)c3ccc(C(C)(C)O)cc3C(=O)N2Cc2ccc(Cl)cn2)CC1. The molecular weight excluding hydrogens is 576 g/mol. The van der Waals surface area contributed by atoms with E-state index >= 15 is 0 Å². The molecule has 0 saturated heterocycles. The molecule has 1 amide bonds. The van der Waals surface area contributed by atoms with E-state index in [-0.39, 0.29) is 36.1 Å². The molecule has 1 fully saturated rings. The highest BCUT2D eigenvalue weighted by atomic mass is 35.5. The van der Waals surface area contributed by atoms with Crippen molar-refractivity contribution in [2.24, 2.45) is 5.41 Å². The van der Waals surface area contributed by atoms with E-state index < -0.39 is 45.2 Å². The number of carbonyl (C=O) groups is 1. The van der Waals surface area contributed by atoms with Crippen LogP contribution >= 0.6 is 11.6 Å². The smallest absolute Gasteiger partial charge is 0.409 e. The maximum Gasteiger partial charge on any atom is 0.416 e.